The first kappa shape index (κ1) is 21.7. The first-order valence-corrected chi connectivity index (χ1v) is 10.3. The maximum absolute atomic E-state index is 12.8. The Kier molecular flexibility index (Phi) is 7.04. The fourth-order valence-corrected chi connectivity index (χ4v) is 3.89. The number of methoxy groups -OCH3 is 2. The zero-order valence-electron chi connectivity index (χ0n) is 16.6. The summed E-state index contributed by atoms with van der Waals surface area (Å²) in [5, 5.41) is 2.74. The molecule has 8 heteroatoms. The Morgan fingerprint density at radius 3 is 2.14 bits per heavy atom. The maximum Gasteiger partial charge on any atom is 0.255 e. The van der Waals surface area contributed by atoms with E-state index in [9.17, 15) is 13.2 Å². The second-order valence-corrected chi connectivity index (χ2v) is 8.32. The van der Waals surface area contributed by atoms with Crippen LogP contribution in [0.3, 0.4) is 0 Å². The molecule has 2 aromatic rings. The van der Waals surface area contributed by atoms with E-state index in [0.29, 0.717) is 11.5 Å². The fourth-order valence-electron chi connectivity index (χ4n) is 2.63. The Morgan fingerprint density at radius 2 is 1.61 bits per heavy atom. The molecule has 2 N–H and O–H groups in total. The average molecular weight is 407 g/mol. The van der Waals surface area contributed by atoms with Crippen molar-refractivity contribution < 1.29 is 22.7 Å². The SMILES string of the molecule is COc1ccc(C(C)NS(=O)(=O)c2ccc(OC)c(C(=O)NC(C)C)c2)cc1. The van der Waals surface area contributed by atoms with E-state index in [0.717, 1.165) is 5.56 Å². The van der Waals surface area contributed by atoms with Crippen LogP contribution in [0.15, 0.2) is 47.4 Å². The molecule has 152 valence electrons. The van der Waals surface area contributed by atoms with E-state index in [1.54, 1.807) is 38.3 Å². The van der Waals surface area contributed by atoms with Crippen LogP contribution < -0.4 is 19.5 Å². The van der Waals surface area contributed by atoms with Crippen molar-refractivity contribution in [2.24, 2.45) is 0 Å². The van der Waals surface area contributed by atoms with Gasteiger partial charge in [0, 0.05) is 12.1 Å². The fraction of sp³-hybridized carbons (Fsp3) is 0.350. The normalized spacial score (nSPS) is 12.5. The van der Waals surface area contributed by atoms with Crippen molar-refractivity contribution in [3.8, 4) is 11.5 Å². The molecular weight excluding hydrogens is 380 g/mol. The summed E-state index contributed by atoms with van der Waals surface area (Å²) in [6.07, 6.45) is 0. The Labute approximate surface area is 166 Å². The summed E-state index contributed by atoms with van der Waals surface area (Å²) < 4.78 is 38.6. The van der Waals surface area contributed by atoms with E-state index in [4.69, 9.17) is 9.47 Å². The summed E-state index contributed by atoms with van der Waals surface area (Å²) >= 11 is 0. The monoisotopic (exact) mass is 406 g/mol. The molecule has 0 heterocycles. The van der Waals surface area contributed by atoms with E-state index < -0.39 is 22.0 Å². The van der Waals surface area contributed by atoms with Gasteiger partial charge < -0.3 is 14.8 Å². The van der Waals surface area contributed by atoms with Crippen LogP contribution in [0.5, 0.6) is 11.5 Å². The lowest BCUT2D eigenvalue weighted by Gasteiger charge is -2.17. The van der Waals surface area contributed by atoms with Gasteiger partial charge in [-0.25, -0.2) is 13.1 Å². The molecular formula is C20H26N2O5S. The molecule has 1 atom stereocenters. The molecule has 0 aromatic heterocycles. The molecule has 0 aliphatic carbocycles. The molecule has 7 nitrogen and oxygen atoms in total. The van der Waals surface area contributed by atoms with Crippen LogP contribution in [0.2, 0.25) is 0 Å². The van der Waals surface area contributed by atoms with Gasteiger partial charge in [-0.3, -0.25) is 4.79 Å². The van der Waals surface area contributed by atoms with Gasteiger partial charge >= 0.3 is 0 Å². The van der Waals surface area contributed by atoms with Gasteiger partial charge in [-0.05, 0) is 56.7 Å². The standard InChI is InChI=1S/C20H26N2O5S/c1-13(2)21-20(23)18-12-17(10-11-19(18)27-5)28(24,25)22-14(3)15-6-8-16(26-4)9-7-15/h6-14,22H,1-5H3,(H,21,23). The first-order valence-electron chi connectivity index (χ1n) is 8.83. The Bertz CT molecular complexity index is 924. The van der Waals surface area contributed by atoms with E-state index in [-0.39, 0.29) is 16.5 Å². The van der Waals surface area contributed by atoms with Gasteiger partial charge in [0.15, 0.2) is 0 Å². The molecule has 0 spiro atoms. The lowest BCUT2D eigenvalue weighted by molar-refractivity contribution is 0.0940. The highest BCUT2D eigenvalue weighted by atomic mass is 32.2. The third-order valence-corrected chi connectivity index (χ3v) is 5.63. The second-order valence-electron chi connectivity index (χ2n) is 6.61. The minimum atomic E-state index is -3.85. The number of sulfonamides is 1. The first-order chi connectivity index (χ1) is 13.2. The van der Waals surface area contributed by atoms with Crippen LogP contribution >= 0.6 is 0 Å². The number of hydrogen-bond acceptors (Lipinski definition) is 5. The molecule has 0 aliphatic heterocycles. The third kappa shape index (κ3) is 5.24. The smallest absolute Gasteiger partial charge is 0.255 e. The Hall–Kier alpha value is -2.58. The number of carbonyl (C=O) groups is 1. The summed E-state index contributed by atoms with van der Waals surface area (Å²) in [7, 11) is -0.852. The molecule has 0 bridgehead atoms. The summed E-state index contributed by atoms with van der Waals surface area (Å²) in [5.41, 5.74) is 0.951. The van der Waals surface area contributed by atoms with Gasteiger partial charge in [-0.1, -0.05) is 12.1 Å². The number of benzene rings is 2. The van der Waals surface area contributed by atoms with Crippen LogP contribution in [0.1, 0.15) is 42.7 Å². The molecule has 0 radical (unpaired) electrons. The number of rotatable bonds is 8. The van der Waals surface area contributed by atoms with Crippen molar-refractivity contribution in [2.75, 3.05) is 14.2 Å². The van der Waals surface area contributed by atoms with Crippen LogP contribution in [0, 0.1) is 0 Å². The highest BCUT2D eigenvalue weighted by molar-refractivity contribution is 7.89. The highest BCUT2D eigenvalue weighted by Crippen LogP contribution is 2.24. The van der Waals surface area contributed by atoms with Crippen molar-refractivity contribution >= 4 is 15.9 Å². The van der Waals surface area contributed by atoms with Gasteiger partial charge in [0.1, 0.15) is 11.5 Å². The zero-order chi connectivity index (χ0) is 20.9. The predicted molar refractivity (Wildman–Crippen MR) is 107 cm³/mol. The summed E-state index contributed by atoms with van der Waals surface area (Å²) in [6, 6.07) is 10.8. The lowest BCUT2D eigenvalue weighted by Crippen LogP contribution is -2.31. The van der Waals surface area contributed by atoms with E-state index in [1.165, 1.54) is 25.3 Å². The minimum Gasteiger partial charge on any atom is -0.497 e. The number of carbonyl (C=O) groups excluding carboxylic acids is 1. The number of hydrogen-bond donors (Lipinski definition) is 2. The van der Waals surface area contributed by atoms with Crippen molar-refractivity contribution in [3.05, 3.63) is 53.6 Å². The Balaban J connectivity index is 2.29. The average Bonchev–Trinajstić information content (AvgIpc) is 2.66. The number of nitrogens with one attached hydrogen (secondary N) is 2. The van der Waals surface area contributed by atoms with E-state index in [2.05, 4.69) is 10.0 Å². The summed E-state index contributed by atoms with van der Waals surface area (Å²) in [6.45, 7) is 5.39. The molecule has 28 heavy (non-hydrogen) atoms. The van der Waals surface area contributed by atoms with Crippen LogP contribution in [-0.2, 0) is 10.0 Å². The predicted octanol–water partition coefficient (Wildman–Crippen LogP) is 2.88. The van der Waals surface area contributed by atoms with Gasteiger partial charge in [0.05, 0.1) is 24.7 Å². The topological polar surface area (TPSA) is 93.7 Å². The molecule has 0 aliphatic rings. The lowest BCUT2D eigenvalue weighted by atomic mass is 10.1. The van der Waals surface area contributed by atoms with Crippen molar-refractivity contribution in [1.82, 2.24) is 10.0 Å². The number of amides is 1. The Morgan fingerprint density at radius 1 is 0.964 bits per heavy atom. The second kappa shape index (κ2) is 9.07. The zero-order valence-corrected chi connectivity index (χ0v) is 17.5. The molecule has 0 saturated carbocycles. The molecule has 2 rings (SSSR count). The van der Waals surface area contributed by atoms with Gasteiger partial charge in [0.2, 0.25) is 10.0 Å². The number of ether oxygens (including phenoxy) is 2. The van der Waals surface area contributed by atoms with Crippen molar-refractivity contribution in [3.63, 3.8) is 0 Å². The molecule has 0 saturated heterocycles. The summed E-state index contributed by atoms with van der Waals surface area (Å²) in [4.78, 5) is 12.4. The van der Waals surface area contributed by atoms with E-state index in [1.807, 2.05) is 13.8 Å². The quantitative estimate of drug-likeness (QED) is 0.703. The molecule has 0 fully saturated rings. The third-order valence-electron chi connectivity index (χ3n) is 4.09. The molecule has 1 unspecified atom stereocenters. The summed E-state index contributed by atoms with van der Waals surface area (Å²) in [5.74, 6) is 0.599. The van der Waals surface area contributed by atoms with Crippen molar-refractivity contribution in [2.45, 2.75) is 37.8 Å². The molecule has 2 aromatic carbocycles. The van der Waals surface area contributed by atoms with Crippen molar-refractivity contribution in [1.29, 1.82) is 0 Å². The van der Waals surface area contributed by atoms with Crippen LogP contribution in [0.25, 0.3) is 0 Å². The van der Waals surface area contributed by atoms with Gasteiger partial charge in [0.25, 0.3) is 5.91 Å². The van der Waals surface area contributed by atoms with Crippen LogP contribution in [0.4, 0.5) is 0 Å². The van der Waals surface area contributed by atoms with Gasteiger partial charge in [-0.2, -0.15) is 0 Å². The minimum absolute atomic E-state index is 0.0115. The van der Waals surface area contributed by atoms with E-state index >= 15 is 0 Å². The van der Waals surface area contributed by atoms with Gasteiger partial charge in [-0.15, -0.1) is 0 Å². The largest absolute Gasteiger partial charge is 0.497 e. The maximum atomic E-state index is 12.8. The van der Waals surface area contributed by atoms with Crippen LogP contribution in [-0.4, -0.2) is 34.6 Å². The molecule has 1 amide bonds. The highest BCUT2D eigenvalue weighted by Gasteiger charge is 2.22.